The molecular weight excluding hydrogens is 173 g/mol. The van der Waals surface area contributed by atoms with E-state index in [1.165, 1.54) is 0 Å². The largest absolute Gasteiger partial charge is 0.907 e. The lowest BCUT2D eigenvalue weighted by atomic mass is 10.3. The Labute approximate surface area is 80.9 Å². The summed E-state index contributed by atoms with van der Waals surface area (Å²) in [5.74, 6) is 0. The zero-order valence-corrected chi connectivity index (χ0v) is 9.04. The highest BCUT2D eigenvalue weighted by atomic mass is 16.5. The lowest BCUT2D eigenvalue weighted by Gasteiger charge is -2.35. The van der Waals surface area contributed by atoms with Gasteiger partial charge in [0.25, 0.3) is 0 Å². The fourth-order valence-electron chi connectivity index (χ4n) is 0. The molecule has 0 aromatic heterocycles. The minimum atomic E-state index is -2.92. The quantitative estimate of drug-likeness (QED) is 0.331. The highest BCUT2D eigenvalue weighted by Crippen LogP contribution is 1.14. The third kappa shape index (κ3) is 37200. The predicted molar refractivity (Wildman–Crippen MR) is 46.0 cm³/mol. The summed E-state index contributed by atoms with van der Waals surface area (Å²) in [5.41, 5.74) is 10.5. The molecule has 9 N–H and O–H groups in total. The van der Waals surface area contributed by atoms with Crippen molar-refractivity contribution in [2.45, 2.75) is 20.8 Å². The molecule has 0 aliphatic rings. The second kappa shape index (κ2) is 40.8. The average molecular weight is 197 g/mol. The van der Waals surface area contributed by atoms with Crippen molar-refractivity contribution >= 4 is 7.32 Å². The van der Waals surface area contributed by atoms with Gasteiger partial charge in [0, 0.05) is 0 Å². The predicted octanol–water partition coefficient (Wildman–Crippen LogP) is -6.20. The minimum absolute atomic E-state index is 1.00. The van der Waals surface area contributed by atoms with E-state index < -0.39 is 7.32 Å². The molecule has 84 valence electrons. The van der Waals surface area contributed by atoms with E-state index in [-0.39, 0.29) is 0 Å². The number of hydrogen-bond donors (Lipinski definition) is 3. The summed E-state index contributed by atoms with van der Waals surface area (Å²) in [4.78, 5) is 0. The monoisotopic (exact) mass is 197 g/mol. The summed E-state index contributed by atoms with van der Waals surface area (Å²) >= 11 is 0. The minimum Gasteiger partial charge on any atom is -0.907 e. The van der Waals surface area contributed by atoms with Crippen LogP contribution in [0.5, 0.6) is 0 Å². The van der Waals surface area contributed by atoms with E-state index >= 15 is 0 Å². The first-order valence-corrected chi connectivity index (χ1v) is 4.33. The third-order valence-corrected chi connectivity index (χ3v) is 0. The fourth-order valence-corrected chi connectivity index (χ4v) is 0. The number of hydrogen-bond acceptors (Lipinski definition) is 3. The maximum Gasteiger partial charge on any atom is 0.0711 e. The molecule has 0 spiro atoms. The van der Waals surface area contributed by atoms with Crippen LogP contribution in [0.2, 0.25) is 0 Å². The standard InChI is InChI=1S/3C2H7N.BO3/c3*1-2-3;2-1(3)4/h3*2-3H2,1H3;/q;;;-3/p+3. The smallest absolute Gasteiger partial charge is 0.0711 e. The Bertz CT molecular complexity index is 44.6. The summed E-state index contributed by atoms with van der Waals surface area (Å²) in [6.07, 6.45) is 0. The van der Waals surface area contributed by atoms with Gasteiger partial charge < -0.3 is 32.3 Å². The van der Waals surface area contributed by atoms with Gasteiger partial charge in [0.1, 0.15) is 0 Å². The molecular formula is C6H24BN3O3. The SMILES string of the molecule is CC[NH3+].CC[NH3+].CC[NH3+].[O-]B([O-])[O-]. The van der Waals surface area contributed by atoms with Gasteiger partial charge in [-0.05, 0) is 20.8 Å². The van der Waals surface area contributed by atoms with Crippen molar-refractivity contribution in [3.63, 3.8) is 0 Å². The highest BCUT2D eigenvalue weighted by molar-refractivity contribution is 6.24. The molecule has 0 radical (unpaired) electrons. The van der Waals surface area contributed by atoms with Crippen LogP contribution in [-0.2, 0) is 0 Å². The molecule has 0 rings (SSSR count). The van der Waals surface area contributed by atoms with Gasteiger partial charge in [0.15, 0.2) is 0 Å². The molecule has 0 amide bonds. The molecule has 0 saturated carbocycles. The van der Waals surface area contributed by atoms with Crippen molar-refractivity contribution in [2.75, 3.05) is 19.6 Å². The van der Waals surface area contributed by atoms with E-state index in [0.717, 1.165) is 19.6 Å². The van der Waals surface area contributed by atoms with Crippen LogP contribution in [0.1, 0.15) is 20.8 Å². The molecule has 0 aromatic carbocycles. The van der Waals surface area contributed by atoms with Gasteiger partial charge in [-0.3, -0.25) is 7.32 Å². The van der Waals surface area contributed by atoms with E-state index in [1.54, 1.807) is 0 Å². The maximum absolute atomic E-state index is 8.42. The Hall–Kier alpha value is -0.175. The van der Waals surface area contributed by atoms with Gasteiger partial charge >= 0.3 is 0 Å². The summed E-state index contributed by atoms with van der Waals surface area (Å²) < 4.78 is 0. The van der Waals surface area contributed by atoms with Gasteiger partial charge in [0.2, 0.25) is 0 Å². The van der Waals surface area contributed by atoms with Gasteiger partial charge in [-0.2, -0.15) is 0 Å². The van der Waals surface area contributed by atoms with E-state index in [9.17, 15) is 0 Å². The first-order valence-electron chi connectivity index (χ1n) is 4.33. The lowest BCUT2D eigenvalue weighted by molar-refractivity contribution is -0.479. The van der Waals surface area contributed by atoms with E-state index in [1.807, 2.05) is 20.8 Å². The van der Waals surface area contributed by atoms with Crippen molar-refractivity contribution in [1.29, 1.82) is 0 Å². The third-order valence-electron chi connectivity index (χ3n) is 0. The van der Waals surface area contributed by atoms with Crippen molar-refractivity contribution < 1.29 is 32.3 Å². The van der Waals surface area contributed by atoms with Crippen LogP contribution in [0, 0.1) is 0 Å². The molecule has 0 unspecified atom stereocenters. The van der Waals surface area contributed by atoms with Crippen LogP contribution in [-0.4, -0.2) is 27.0 Å². The van der Waals surface area contributed by atoms with Crippen LogP contribution in [0.3, 0.4) is 0 Å². The molecule has 0 heterocycles. The molecule has 0 fully saturated rings. The molecule has 0 aliphatic heterocycles. The second-order valence-electron chi connectivity index (χ2n) is 1.79. The molecule has 0 aromatic rings. The lowest BCUT2D eigenvalue weighted by Crippen LogP contribution is -2.56. The Morgan fingerprint density at radius 3 is 0.769 bits per heavy atom. The van der Waals surface area contributed by atoms with Gasteiger partial charge in [-0.15, -0.1) is 0 Å². The zero-order chi connectivity index (χ0) is 11.7. The van der Waals surface area contributed by atoms with Crippen molar-refractivity contribution in [3.05, 3.63) is 0 Å². The Kier molecular flexibility index (Phi) is 72.3. The van der Waals surface area contributed by atoms with Crippen molar-refractivity contribution in [2.24, 2.45) is 0 Å². The van der Waals surface area contributed by atoms with Crippen LogP contribution >= 0.6 is 0 Å². The van der Waals surface area contributed by atoms with Gasteiger partial charge in [-0.25, -0.2) is 0 Å². The van der Waals surface area contributed by atoms with E-state index in [4.69, 9.17) is 15.1 Å². The van der Waals surface area contributed by atoms with Crippen LogP contribution in [0.25, 0.3) is 0 Å². The first-order chi connectivity index (χ1) is 5.97. The Morgan fingerprint density at radius 1 is 0.769 bits per heavy atom. The van der Waals surface area contributed by atoms with Crippen LogP contribution in [0.15, 0.2) is 0 Å². The van der Waals surface area contributed by atoms with Crippen molar-refractivity contribution in [1.82, 2.24) is 0 Å². The topological polar surface area (TPSA) is 152 Å². The van der Waals surface area contributed by atoms with Crippen LogP contribution < -0.4 is 32.3 Å². The summed E-state index contributed by atoms with van der Waals surface area (Å²) in [7, 11) is -2.92. The van der Waals surface area contributed by atoms with Crippen LogP contribution in [0.4, 0.5) is 0 Å². The van der Waals surface area contributed by atoms with Gasteiger partial charge in [-0.1, -0.05) is 0 Å². The molecule has 0 bridgehead atoms. The van der Waals surface area contributed by atoms with Gasteiger partial charge in [0.05, 0.1) is 19.6 Å². The maximum atomic E-state index is 8.42. The normalized spacial score (nSPS) is 6.23. The zero-order valence-electron chi connectivity index (χ0n) is 9.04. The summed E-state index contributed by atoms with van der Waals surface area (Å²) in [6.45, 7) is 9.04. The van der Waals surface area contributed by atoms with Crippen molar-refractivity contribution in [3.8, 4) is 0 Å². The molecule has 0 saturated heterocycles. The molecule has 13 heavy (non-hydrogen) atoms. The van der Waals surface area contributed by atoms with E-state index in [2.05, 4.69) is 17.2 Å². The Morgan fingerprint density at radius 2 is 0.769 bits per heavy atom. The highest BCUT2D eigenvalue weighted by Gasteiger charge is 1.38. The molecule has 0 aliphatic carbocycles. The molecule has 0 atom stereocenters. The second-order valence-corrected chi connectivity index (χ2v) is 1.79. The van der Waals surface area contributed by atoms with E-state index in [0.29, 0.717) is 0 Å². The first kappa shape index (κ1) is 23.0. The number of rotatable bonds is 0. The fraction of sp³-hybridized carbons (Fsp3) is 1.00. The summed E-state index contributed by atoms with van der Waals surface area (Å²) in [5, 5.41) is 25.2. The summed E-state index contributed by atoms with van der Waals surface area (Å²) in [6, 6.07) is 0. The molecule has 7 heteroatoms. The molecule has 6 nitrogen and oxygen atoms in total. The Balaban J connectivity index is -0.0000000420. The average Bonchev–Trinajstić information content (AvgIpc) is 1.88. The number of quaternary nitrogens is 3.